The van der Waals surface area contributed by atoms with Gasteiger partial charge in [-0.3, -0.25) is 0 Å². The van der Waals surface area contributed by atoms with Crippen LogP contribution in [0.3, 0.4) is 0 Å². The molecule has 0 atom stereocenters. The summed E-state index contributed by atoms with van der Waals surface area (Å²) < 4.78 is 39.3. The Kier molecular flexibility index (Phi) is 4.69. The maximum absolute atomic E-state index is 13.5. The molecule has 0 fully saturated rings. The maximum Gasteiger partial charge on any atom is 0.208 e. The molecular formula is C18H19FN2O2S. The van der Waals surface area contributed by atoms with Gasteiger partial charge in [0.25, 0.3) is 0 Å². The molecule has 0 bridgehead atoms. The van der Waals surface area contributed by atoms with Crippen LogP contribution in [0.15, 0.2) is 58.5 Å². The first-order valence-electron chi connectivity index (χ1n) is 7.84. The number of aromatic amines is 1. The lowest BCUT2D eigenvalue weighted by Crippen LogP contribution is -2.16. The molecule has 0 radical (unpaired) electrons. The minimum atomic E-state index is -3.79. The Morgan fingerprint density at radius 2 is 1.96 bits per heavy atom. The van der Waals surface area contributed by atoms with Crippen LogP contribution in [0.2, 0.25) is 0 Å². The standard InChI is InChI=1S/C18H19FN2O2S/c1-2-20-10-9-13-5-3-8-16-18(13)17(12-21-16)24(22,23)15-7-4-6-14(19)11-15/h3-8,11-12,20-21H,2,9-10H2,1H3. The highest BCUT2D eigenvalue weighted by atomic mass is 32.2. The number of benzene rings is 2. The molecule has 0 aliphatic rings. The number of sulfone groups is 1. The number of fused-ring (bicyclic) bond motifs is 1. The van der Waals surface area contributed by atoms with Gasteiger partial charge in [0.15, 0.2) is 0 Å². The fraction of sp³-hybridized carbons (Fsp3) is 0.222. The van der Waals surface area contributed by atoms with E-state index in [0.29, 0.717) is 11.8 Å². The van der Waals surface area contributed by atoms with Crippen LogP contribution in [0.1, 0.15) is 12.5 Å². The molecule has 3 rings (SSSR count). The minimum absolute atomic E-state index is 0.0371. The third-order valence-electron chi connectivity index (χ3n) is 3.97. The molecule has 0 aliphatic heterocycles. The highest BCUT2D eigenvalue weighted by molar-refractivity contribution is 7.91. The van der Waals surface area contributed by atoms with Crippen molar-refractivity contribution in [3.8, 4) is 0 Å². The van der Waals surface area contributed by atoms with E-state index in [9.17, 15) is 12.8 Å². The average molecular weight is 346 g/mol. The molecule has 3 aromatic rings. The summed E-state index contributed by atoms with van der Waals surface area (Å²) in [7, 11) is -3.79. The SMILES string of the molecule is CCNCCc1cccc2[nH]cc(S(=O)(=O)c3cccc(F)c3)c12. The summed E-state index contributed by atoms with van der Waals surface area (Å²) in [5.74, 6) is -0.566. The zero-order valence-corrected chi connectivity index (χ0v) is 14.2. The number of nitrogens with one attached hydrogen (secondary N) is 2. The smallest absolute Gasteiger partial charge is 0.208 e. The lowest BCUT2D eigenvalue weighted by molar-refractivity contribution is 0.591. The normalized spacial score (nSPS) is 11.9. The summed E-state index contributed by atoms with van der Waals surface area (Å²) in [6.45, 7) is 3.65. The van der Waals surface area contributed by atoms with Gasteiger partial charge in [0.05, 0.1) is 9.79 Å². The monoisotopic (exact) mass is 346 g/mol. The first kappa shape index (κ1) is 16.7. The van der Waals surface area contributed by atoms with Crippen LogP contribution in [0.25, 0.3) is 10.9 Å². The number of hydrogen-bond donors (Lipinski definition) is 2. The highest BCUT2D eigenvalue weighted by Gasteiger charge is 2.23. The summed E-state index contributed by atoms with van der Waals surface area (Å²) in [6.07, 6.45) is 2.20. The van der Waals surface area contributed by atoms with Crippen molar-refractivity contribution in [3.05, 3.63) is 60.0 Å². The maximum atomic E-state index is 13.5. The lowest BCUT2D eigenvalue weighted by Gasteiger charge is -2.08. The summed E-state index contributed by atoms with van der Waals surface area (Å²) >= 11 is 0. The van der Waals surface area contributed by atoms with E-state index in [0.717, 1.165) is 30.2 Å². The second-order valence-corrected chi connectivity index (χ2v) is 7.48. The first-order valence-corrected chi connectivity index (χ1v) is 9.32. The second-order valence-electron chi connectivity index (χ2n) is 5.56. The molecule has 1 aromatic heterocycles. The van der Waals surface area contributed by atoms with Crippen LogP contribution in [-0.2, 0) is 16.3 Å². The van der Waals surface area contributed by atoms with Crippen LogP contribution < -0.4 is 5.32 Å². The highest BCUT2D eigenvalue weighted by Crippen LogP contribution is 2.31. The van der Waals surface area contributed by atoms with E-state index in [1.165, 1.54) is 24.4 Å². The number of halogens is 1. The van der Waals surface area contributed by atoms with E-state index in [4.69, 9.17) is 0 Å². The molecule has 0 unspecified atom stereocenters. The molecule has 0 amide bonds. The van der Waals surface area contributed by atoms with Crippen molar-refractivity contribution < 1.29 is 12.8 Å². The molecule has 0 saturated carbocycles. The number of aromatic nitrogens is 1. The quantitative estimate of drug-likeness (QED) is 0.673. The van der Waals surface area contributed by atoms with Gasteiger partial charge in [-0.25, -0.2) is 12.8 Å². The molecule has 0 aliphatic carbocycles. The van der Waals surface area contributed by atoms with Crippen molar-refractivity contribution >= 4 is 20.7 Å². The van der Waals surface area contributed by atoms with Crippen molar-refractivity contribution in [1.82, 2.24) is 10.3 Å². The molecule has 2 N–H and O–H groups in total. The Bertz CT molecular complexity index is 964. The molecule has 1 heterocycles. The minimum Gasteiger partial charge on any atom is -0.360 e. The number of likely N-dealkylation sites (N-methyl/N-ethyl adjacent to an activating group) is 1. The molecule has 0 saturated heterocycles. The van der Waals surface area contributed by atoms with Gasteiger partial charge in [0.2, 0.25) is 9.84 Å². The van der Waals surface area contributed by atoms with Crippen molar-refractivity contribution in [1.29, 1.82) is 0 Å². The van der Waals surface area contributed by atoms with Crippen molar-refractivity contribution in [2.75, 3.05) is 13.1 Å². The van der Waals surface area contributed by atoms with Gasteiger partial charge in [-0.15, -0.1) is 0 Å². The van der Waals surface area contributed by atoms with Crippen LogP contribution in [0, 0.1) is 5.82 Å². The third-order valence-corrected chi connectivity index (χ3v) is 5.75. The van der Waals surface area contributed by atoms with Gasteiger partial charge >= 0.3 is 0 Å². The van der Waals surface area contributed by atoms with Gasteiger partial charge in [-0.05, 0) is 49.3 Å². The van der Waals surface area contributed by atoms with E-state index in [1.807, 2.05) is 25.1 Å². The number of hydrogen-bond acceptors (Lipinski definition) is 3. The largest absolute Gasteiger partial charge is 0.360 e. The van der Waals surface area contributed by atoms with Crippen molar-refractivity contribution in [2.45, 2.75) is 23.1 Å². The third kappa shape index (κ3) is 3.07. The fourth-order valence-electron chi connectivity index (χ4n) is 2.81. The summed E-state index contributed by atoms with van der Waals surface area (Å²) in [5, 5.41) is 3.92. The van der Waals surface area contributed by atoms with Gasteiger partial charge in [0.1, 0.15) is 5.82 Å². The van der Waals surface area contributed by atoms with Gasteiger partial charge in [-0.1, -0.05) is 25.1 Å². The summed E-state index contributed by atoms with van der Waals surface area (Å²) in [6, 6.07) is 10.8. The summed E-state index contributed by atoms with van der Waals surface area (Å²) in [4.78, 5) is 3.17. The zero-order chi connectivity index (χ0) is 17.2. The van der Waals surface area contributed by atoms with Gasteiger partial charge < -0.3 is 10.3 Å². The molecule has 6 heteroatoms. The predicted octanol–water partition coefficient (Wildman–Crippen LogP) is 3.29. The van der Waals surface area contributed by atoms with Gasteiger partial charge in [0, 0.05) is 17.1 Å². The fourth-order valence-corrected chi connectivity index (χ4v) is 4.31. The van der Waals surface area contributed by atoms with Crippen molar-refractivity contribution in [3.63, 3.8) is 0 Å². The van der Waals surface area contributed by atoms with E-state index in [1.54, 1.807) is 0 Å². The summed E-state index contributed by atoms with van der Waals surface area (Å²) in [5.41, 5.74) is 1.71. The second kappa shape index (κ2) is 6.75. The van der Waals surface area contributed by atoms with E-state index < -0.39 is 15.7 Å². The van der Waals surface area contributed by atoms with Gasteiger partial charge in [-0.2, -0.15) is 0 Å². The Morgan fingerprint density at radius 3 is 2.71 bits per heavy atom. The number of H-pyrrole nitrogens is 1. The van der Waals surface area contributed by atoms with Crippen LogP contribution in [-0.4, -0.2) is 26.5 Å². The molecule has 2 aromatic carbocycles. The van der Waals surface area contributed by atoms with Crippen LogP contribution in [0.5, 0.6) is 0 Å². The van der Waals surface area contributed by atoms with Crippen LogP contribution in [0.4, 0.5) is 4.39 Å². The average Bonchev–Trinajstić information content (AvgIpc) is 3.01. The van der Waals surface area contributed by atoms with Crippen LogP contribution >= 0.6 is 0 Å². The Morgan fingerprint density at radius 1 is 1.17 bits per heavy atom. The predicted molar refractivity (Wildman–Crippen MR) is 92.4 cm³/mol. The number of rotatable bonds is 6. The molecule has 24 heavy (non-hydrogen) atoms. The molecule has 4 nitrogen and oxygen atoms in total. The Labute approximate surface area is 140 Å². The topological polar surface area (TPSA) is 62.0 Å². The van der Waals surface area contributed by atoms with Crippen molar-refractivity contribution in [2.24, 2.45) is 0 Å². The first-order chi connectivity index (χ1) is 11.5. The lowest BCUT2D eigenvalue weighted by atomic mass is 10.1. The van der Waals surface area contributed by atoms with E-state index in [2.05, 4.69) is 10.3 Å². The van der Waals surface area contributed by atoms with E-state index in [-0.39, 0.29) is 9.79 Å². The van der Waals surface area contributed by atoms with E-state index >= 15 is 0 Å². The molecular weight excluding hydrogens is 327 g/mol. The molecule has 0 spiro atoms. The molecule has 126 valence electrons. The Balaban J connectivity index is 2.12. The Hall–Kier alpha value is -2.18. The zero-order valence-electron chi connectivity index (χ0n) is 13.3.